The second-order valence-electron chi connectivity index (χ2n) is 8.53. The molecule has 7 nitrogen and oxygen atoms in total. The first-order valence-corrected chi connectivity index (χ1v) is 13.7. The highest BCUT2D eigenvalue weighted by Gasteiger charge is 2.36. The van der Waals surface area contributed by atoms with Gasteiger partial charge in [0.05, 0.1) is 34.5 Å². The molecule has 2 heterocycles. The summed E-state index contributed by atoms with van der Waals surface area (Å²) in [6, 6.07) is 13.9. The zero-order valence-electron chi connectivity index (χ0n) is 20.6. The SMILES string of the molecule is CCOC(=O)C1=C(C)N=c2s/c(=C\c3cc(Br)cc(Cl)c3O)c(=O)n2[C@@H]1c1c(OC)ccc2ccccc12. The summed E-state index contributed by atoms with van der Waals surface area (Å²) in [7, 11) is 1.55. The third-order valence-electron chi connectivity index (χ3n) is 6.29. The maximum Gasteiger partial charge on any atom is 0.338 e. The molecule has 5 rings (SSSR count). The fourth-order valence-corrected chi connectivity index (χ4v) is 6.51. The summed E-state index contributed by atoms with van der Waals surface area (Å²) in [5, 5.41) is 12.4. The van der Waals surface area contributed by atoms with Crippen molar-refractivity contribution in [1.82, 2.24) is 4.57 Å². The second kappa shape index (κ2) is 10.4. The number of hydrogen-bond donors (Lipinski definition) is 1. The fraction of sp³-hybridized carbons (Fsp3) is 0.179. The molecule has 0 aliphatic carbocycles. The van der Waals surface area contributed by atoms with Crippen molar-refractivity contribution >= 4 is 61.7 Å². The number of phenolic OH excluding ortho intramolecular Hbond substituents is 1. The van der Waals surface area contributed by atoms with Crippen LogP contribution < -0.4 is 19.6 Å². The lowest BCUT2D eigenvalue weighted by Crippen LogP contribution is -2.40. The molecule has 1 aromatic heterocycles. The molecule has 1 aliphatic rings. The number of nitrogens with zero attached hydrogens (tertiary/aromatic N) is 2. The quantitative estimate of drug-likeness (QED) is 0.317. The molecular formula is C28H22BrClN2O5S. The lowest BCUT2D eigenvalue weighted by Gasteiger charge is -2.27. The molecule has 0 unspecified atom stereocenters. The van der Waals surface area contributed by atoms with Gasteiger partial charge in [0, 0.05) is 15.6 Å². The minimum atomic E-state index is -0.854. The second-order valence-corrected chi connectivity index (χ2v) is 10.9. The van der Waals surface area contributed by atoms with Gasteiger partial charge < -0.3 is 14.6 Å². The predicted molar refractivity (Wildman–Crippen MR) is 152 cm³/mol. The topological polar surface area (TPSA) is 90.1 Å². The summed E-state index contributed by atoms with van der Waals surface area (Å²) in [5.41, 5.74) is 1.36. The van der Waals surface area contributed by atoms with Gasteiger partial charge >= 0.3 is 5.97 Å². The molecule has 0 spiro atoms. The van der Waals surface area contributed by atoms with Crippen molar-refractivity contribution in [2.45, 2.75) is 19.9 Å². The smallest absolute Gasteiger partial charge is 0.338 e. The summed E-state index contributed by atoms with van der Waals surface area (Å²) >= 11 is 10.7. The van der Waals surface area contributed by atoms with Gasteiger partial charge in [-0.05, 0) is 48.9 Å². The van der Waals surface area contributed by atoms with E-state index in [1.165, 1.54) is 4.57 Å². The first-order chi connectivity index (χ1) is 18.2. The van der Waals surface area contributed by atoms with Crippen LogP contribution in [0.2, 0.25) is 5.02 Å². The van der Waals surface area contributed by atoms with Crippen LogP contribution in [-0.4, -0.2) is 29.4 Å². The maximum absolute atomic E-state index is 14.0. The number of allylic oxidation sites excluding steroid dienone is 1. The number of thiazole rings is 1. The Labute approximate surface area is 235 Å². The van der Waals surface area contributed by atoms with Gasteiger partial charge in [-0.3, -0.25) is 9.36 Å². The Morgan fingerprint density at radius 3 is 2.76 bits per heavy atom. The number of benzene rings is 3. The van der Waals surface area contributed by atoms with E-state index in [-0.39, 0.29) is 28.5 Å². The average Bonchev–Trinajstić information content (AvgIpc) is 3.19. The van der Waals surface area contributed by atoms with E-state index in [1.54, 1.807) is 39.2 Å². The molecule has 1 N–H and O–H groups in total. The zero-order chi connectivity index (χ0) is 27.1. The van der Waals surface area contributed by atoms with Crippen molar-refractivity contribution in [2.75, 3.05) is 13.7 Å². The van der Waals surface area contributed by atoms with E-state index in [4.69, 9.17) is 21.1 Å². The number of carbonyl (C=O) groups excluding carboxylic acids is 1. The molecular weight excluding hydrogens is 592 g/mol. The van der Waals surface area contributed by atoms with Gasteiger partial charge in [0.15, 0.2) is 4.80 Å². The van der Waals surface area contributed by atoms with E-state index in [0.29, 0.717) is 36.4 Å². The van der Waals surface area contributed by atoms with Crippen LogP contribution in [0.3, 0.4) is 0 Å². The lowest BCUT2D eigenvalue weighted by molar-refractivity contribution is -0.139. The fourth-order valence-electron chi connectivity index (χ4n) is 4.64. The van der Waals surface area contributed by atoms with Crippen molar-refractivity contribution in [3.63, 3.8) is 0 Å². The zero-order valence-corrected chi connectivity index (χ0v) is 23.8. The van der Waals surface area contributed by atoms with Crippen molar-refractivity contribution in [2.24, 2.45) is 4.99 Å². The Bertz CT molecular complexity index is 1830. The van der Waals surface area contributed by atoms with Crippen molar-refractivity contribution in [1.29, 1.82) is 0 Å². The number of aromatic hydroxyl groups is 1. The predicted octanol–water partition coefficient (Wildman–Crippen LogP) is 5.08. The van der Waals surface area contributed by atoms with E-state index >= 15 is 0 Å². The monoisotopic (exact) mass is 612 g/mol. The van der Waals surface area contributed by atoms with E-state index < -0.39 is 12.0 Å². The molecule has 0 radical (unpaired) electrons. The normalized spacial score (nSPS) is 15.4. The van der Waals surface area contributed by atoms with Crippen LogP contribution in [-0.2, 0) is 9.53 Å². The molecule has 0 amide bonds. The third kappa shape index (κ3) is 4.44. The molecule has 0 saturated carbocycles. The molecule has 0 bridgehead atoms. The number of hydrogen-bond acceptors (Lipinski definition) is 7. The van der Waals surface area contributed by atoms with Crippen molar-refractivity contribution in [3.05, 3.63) is 100 Å². The highest BCUT2D eigenvalue weighted by atomic mass is 79.9. The molecule has 1 atom stereocenters. The Balaban J connectivity index is 1.86. The summed E-state index contributed by atoms with van der Waals surface area (Å²) in [6.45, 7) is 3.63. The van der Waals surface area contributed by atoms with Gasteiger partial charge in [0.25, 0.3) is 5.56 Å². The average molecular weight is 614 g/mol. The van der Waals surface area contributed by atoms with Crippen LogP contribution >= 0.6 is 38.9 Å². The number of methoxy groups -OCH3 is 1. The Morgan fingerprint density at radius 1 is 1.26 bits per heavy atom. The molecule has 0 saturated heterocycles. The van der Waals surface area contributed by atoms with Crippen LogP contribution in [0.25, 0.3) is 16.8 Å². The standard InChI is InChI=1S/C28H22BrClN2O5S/c1-4-37-27(35)22-14(2)31-28-32(24(22)23-18-8-6-5-7-15(18)9-10-20(23)36-3)26(34)21(38-28)12-16-11-17(29)13-19(30)25(16)33/h5-13,24,33H,4H2,1-3H3/b21-12-/t24-/m0/s1. The summed E-state index contributed by atoms with van der Waals surface area (Å²) in [5.74, 6) is -0.174. The molecule has 194 valence electrons. The Hall–Kier alpha value is -3.40. The van der Waals surface area contributed by atoms with Gasteiger partial charge in [0.2, 0.25) is 0 Å². The van der Waals surface area contributed by atoms with Crippen LogP contribution in [0, 0.1) is 0 Å². The van der Waals surface area contributed by atoms with Gasteiger partial charge in [-0.15, -0.1) is 0 Å². The summed E-state index contributed by atoms with van der Waals surface area (Å²) < 4.78 is 13.6. The number of aromatic nitrogens is 1. The van der Waals surface area contributed by atoms with Gasteiger partial charge in [0.1, 0.15) is 17.5 Å². The molecule has 0 fully saturated rings. The van der Waals surface area contributed by atoms with Crippen molar-refractivity contribution in [3.8, 4) is 11.5 Å². The molecule has 3 aromatic carbocycles. The molecule has 1 aliphatic heterocycles. The minimum Gasteiger partial charge on any atom is -0.506 e. The van der Waals surface area contributed by atoms with Gasteiger partial charge in [-0.25, -0.2) is 9.79 Å². The van der Waals surface area contributed by atoms with Crippen LogP contribution in [0.15, 0.2) is 74.1 Å². The van der Waals surface area contributed by atoms with Crippen LogP contribution in [0.5, 0.6) is 11.5 Å². The highest BCUT2D eigenvalue weighted by molar-refractivity contribution is 9.10. The number of carbonyl (C=O) groups is 1. The van der Waals surface area contributed by atoms with Crippen LogP contribution in [0.4, 0.5) is 0 Å². The minimum absolute atomic E-state index is 0.142. The van der Waals surface area contributed by atoms with E-state index in [1.807, 2.05) is 36.4 Å². The molecule has 4 aromatic rings. The Morgan fingerprint density at radius 2 is 2.03 bits per heavy atom. The van der Waals surface area contributed by atoms with Gasteiger partial charge in [-0.2, -0.15) is 0 Å². The first kappa shape index (κ1) is 26.2. The summed E-state index contributed by atoms with van der Waals surface area (Å²) in [6.07, 6.45) is 1.57. The number of ether oxygens (including phenoxy) is 2. The number of halogens is 2. The van der Waals surface area contributed by atoms with E-state index in [2.05, 4.69) is 20.9 Å². The first-order valence-electron chi connectivity index (χ1n) is 11.7. The van der Waals surface area contributed by atoms with Crippen molar-refractivity contribution < 1.29 is 19.4 Å². The number of fused-ring (bicyclic) bond motifs is 2. The lowest BCUT2D eigenvalue weighted by atomic mass is 9.90. The number of phenols is 1. The Kier molecular flexibility index (Phi) is 7.17. The molecule has 38 heavy (non-hydrogen) atoms. The highest BCUT2D eigenvalue weighted by Crippen LogP contribution is 2.40. The van der Waals surface area contributed by atoms with Gasteiger partial charge in [-0.1, -0.05) is 69.2 Å². The summed E-state index contributed by atoms with van der Waals surface area (Å²) in [4.78, 5) is 32.3. The third-order valence-corrected chi connectivity index (χ3v) is 8.01. The number of rotatable bonds is 5. The van der Waals surface area contributed by atoms with E-state index in [0.717, 1.165) is 22.1 Å². The maximum atomic E-state index is 14.0. The number of esters is 1. The largest absolute Gasteiger partial charge is 0.506 e. The van der Waals surface area contributed by atoms with E-state index in [9.17, 15) is 14.7 Å². The molecule has 10 heteroatoms. The van der Waals surface area contributed by atoms with Crippen LogP contribution in [0.1, 0.15) is 31.0 Å².